The molecule has 0 rings (SSSR count). The first-order valence-electron chi connectivity index (χ1n) is 4.14. The molecule has 0 nitrogen and oxygen atoms in total. The fourth-order valence-corrected chi connectivity index (χ4v) is 1.08. The van der Waals surface area contributed by atoms with Gasteiger partial charge in [-0.2, -0.15) is 0 Å². The minimum atomic E-state index is 0.774. The Hall–Kier alpha value is -1.13. The molecule has 0 N–H and O–H groups in total. The van der Waals surface area contributed by atoms with E-state index in [-0.39, 0.29) is 0 Å². The van der Waals surface area contributed by atoms with Crippen molar-refractivity contribution in [1.29, 1.82) is 0 Å². The molecule has 0 aliphatic heterocycles. The van der Waals surface area contributed by atoms with E-state index in [0.717, 1.165) is 17.7 Å². The molecular weight excluding hydrogens is 176 g/mol. The Morgan fingerprint density at radius 1 is 1.62 bits per heavy atom. The molecule has 0 aromatic rings. The van der Waals surface area contributed by atoms with Gasteiger partial charge in [0.2, 0.25) is 0 Å². The van der Waals surface area contributed by atoms with Crippen molar-refractivity contribution in [3.63, 3.8) is 0 Å². The van der Waals surface area contributed by atoms with E-state index in [1.807, 2.05) is 25.2 Å². The molecule has 0 aromatic carbocycles. The van der Waals surface area contributed by atoms with Crippen LogP contribution in [0.4, 0.5) is 0 Å². The van der Waals surface area contributed by atoms with Crippen molar-refractivity contribution in [1.82, 2.24) is 0 Å². The van der Waals surface area contributed by atoms with Gasteiger partial charge in [0.25, 0.3) is 0 Å². The predicted molar refractivity (Wildman–Crippen MR) is 63.8 cm³/mol. The van der Waals surface area contributed by atoms with E-state index in [4.69, 9.17) is 18.6 Å². The Morgan fingerprint density at radius 3 is 2.85 bits per heavy atom. The summed E-state index contributed by atoms with van der Waals surface area (Å²) >= 11 is 5.08. The van der Waals surface area contributed by atoms with Crippen LogP contribution in [0.5, 0.6) is 0 Å². The van der Waals surface area contributed by atoms with Gasteiger partial charge in [-0.3, -0.25) is 0 Å². The third-order valence-electron chi connectivity index (χ3n) is 1.45. The largest absolute Gasteiger partial charge is 0.120 e. The maximum absolute atomic E-state index is 5.15. The molecular formula is C12H14S. The van der Waals surface area contributed by atoms with Crippen molar-refractivity contribution >= 4 is 17.1 Å². The van der Waals surface area contributed by atoms with E-state index in [1.54, 1.807) is 6.08 Å². The lowest BCUT2D eigenvalue weighted by Crippen LogP contribution is -1.85. The highest BCUT2D eigenvalue weighted by Crippen LogP contribution is 2.03. The van der Waals surface area contributed by atoms with Gasteiger partial charge in [0.1, 0.15) is 0 Å². The number of allylic oxidation sites excluding steroid dienone is 5. The molecule has 0 amide bonds. The van der Waals surface area contributed by atoms with Crippen molar-refractivity contribution < 1.29 is 0 Å². The number of thiocarbonyl (C=S) groups is 1. The van der Waals surface area contributed by atoms with Crippen molar-refractivity contribution in [2.24, 2.45) is 0 Å². The van der Waals surface area contributed by atoms with Crippen LogP contribution in [0.2, 0.25) is 0 Å². The van der Waals surface area contributed by atoms with E-state index >= 15 is 0 Å². The van der Waals surface area contributed by atoms with E-state index in [0.29, 0.717) is 0 Å². The third-order valence-corrected chi connectivity index (χ3v) is 1.70. The summed E-state index contributed by atoms with van der Waals surface area (Å²) in [6.45, 7) is 5.60. The summed E-state index contributed by atoms with van der Waals surface area (Å²) < 4.78 is 0. The zero-order valence-electron chi connectivity index (χ0n) is 7.92. The van der Waals surface area contributed by atoms with Crippen LogP contribution in [0, 0.1) is 12.3 Å². The highest BCUT2D eigenvalue weighted by Gasteiger charge is 1.89. The predicted octanol–water partition coefficient (Wildman–Crippen LogP) is 3.46. The van der Waals surface area contributed by atoms with E-state index < -0.39 is 0 Å². The van der Waals surface area contributed by atoms with Crippen LogP contribution in [0.15, 0.2) is 36.5 Å². The smallest absolute Gasteiger partial charge is 0.0376 e. The van der Waals surface area contributed by atoms with Crippen LogP contribution < -0.4 is 0 Å². The molecule has 0 aliphatic rings. The molecule has 0 unspecified atom stereocenters. The zero-order valence-corrected chi connectivity index (χ0v) is 8.73. The molecule has 0 fully saturated rings. The minimum absolute atomic E-state index is 0.774. The number of hydrogen-bond acceptors (Lipinski definition) is 1. The third kappa shape index (κ3) is 7.24. The summed E-state index contributed by atoms with van der Waals surface area (Å²) in [7, 11) is 0. The Labute approximate surface area is 86.0 Å². The van der Waals surface area contributed by atoms with Gasteiger partial charge in [-0.1, -0.05) is 36.5 Å². The maximum Gasteiger partial charge on any atom is 0.0376 e. The van der Waals surface area contributed by atoms with Crippen molar-refractivity contribution in [3.8, 4) is 12.3 Å². The first-order chi connectivity index (χ1) is 6.20. The quantitative estimate of drug-likeness (QED) is 0.277. The molecule has 13 heavy (non-hydrogen) atoms. The van der Waals surface area contributed by atoms with Crippen LogP contribution in [0.25, 0.3) is 0 Å². The second-order valence-electron chi connectivity index (χ2n) is 2.69. The topological polar surface area (TPSA) is 0 Å². The van der Waals surface area contributed by atoms with Gasteiger partial charge in [0.05, 0.1) is 0 Å². The summed E-state index contributed by atoms with van der Waals surface area (Å²) in [6, 6.07) is 0. The lowest BCUT2D eigenvalue weighted by atomic mass is 10.1. The maximum atomic E-state index is 5.15. The molecule has 0 aliphatic carbocycles. The Balaban J connectivity index is 4.07. The standard InChI is InChI=1S/C12H14S/c1-4-6-8-11(3)10-12(13)9-7-5-2/h1,5,7,9-10H,2,6,8H2,3H3/b9-7-,11-10+. The van der Waals surface area contributed by atoms with Gasteiger partial charge < -0.3 is 0 Å². The molecule has 0 atom stereocenters. The average molecular weight is 190 g/mol. The normalized spacial score (nSPS) is 11.2. The molecule has 0 bridgehead atoms. The SMILES string of the molecule is C#CCC/C(C)=C/C(=S)/C=C\C=C. The lowest BCUT2D eigenvalue weighted by Gasteiger charge is -1.95. The number of rotatable bonds is 5. The number of terminal acetylenes is 1. The first-order valence-corrected chi connectivity index (χ1v) is 4.55. The van der Waals surface area contributed by atoms with Crippen LogP contribution in [0.1, 0.15) is 19.8 Å². The number of hydrogen-bond donors (Lipinski definition) is 0. The highest BCUT2D eigenvalue weighted by molar-refractivity contribution is 7.81. The van der Waals surface area contributed by atoms with E-state index in [1.165, 1.54) is 5.57 Å². The molecule has 1 heteroatoms. The molecule has 0 spiro atoms. The fourth-order valence-electron chi connectivity index (χ4n) is 0.795. The zero-order chi connectivity index (χ0) is 10.1. The molecule has 0 aromatic heterocycles. The van der Waals surface area contributed by atoms with Crippen molar-refractivity contribution in [2.45, 2.75) is 19.8 Å². The average Bonchev–Trinajstić information content (AvgIpc) is 2.11. The lowest BCUT2D eigenvalue weighted by molar-refractivity contribution is 1.01. The second kappa shape index (κ2) is 7.52. The Morgan fingerprint density at radius 2 is 2.31 bits per heavy atom. The van der Waals surface area contributed by atoms with Crippen LogP contribution in [-0.2, 0) is 0 Å². The summed E-state index contributed by atoms with van der Waals surface area (Å²) in [5.41, 5.74) is 1.22. The van der Waals surface area contributed by atoms with Crippen LogP contribution in [-0.4, -0.2) is 4.86 Å². The van der Waals surface area contributed by atoms with E-state index in [2.05, 4.69) is 12.5 Å². The highest BCUT2D eigenvalue weighted by atomic mass is 32.1. The fraction of sp³-hybridized carbons (Fsp3) is 0.250. The summed E-state index contributed by atoms with van der Waals surface area (Å²) in [6.07, 6.45) is 14.2. The molecule has 0 heterocycles. The van der Waals surface area contributed by atoms with Crippen LogP contribution >= 0.6 is 12.2 Å². The van der Waals surface area contributed by atoms with Crippen LogP contribution in [0.3, 0.4) is 0 Å². The molecule has 68 valence electrons. The molecule has 0 saturated carbocycles. The molecule has 0 radical (unpaired) electrons. The van der Waals surface area contributed by atoms with Gasteiger partial charge in [-0.25, -0.2) is 0 Å². The Kier molecular flexibility index (Phi) is 6.86. The van der Waals surface area contributed by atoms with Gasteiger partial charge in [0.15, 0.2) is 0 Å². The van der Waals surface area contributed by atoms with Gasteiger partial charge in [0, 0.05) is 11.3 Å². The monoisotopic (exact) mass is 190 g/mol. The van der Waals surface area contributed by atoms with Crippen molar-refractivity contribution in [2.75, 3.05) is 0 Å². The van der Waals surface area contributed by atoms with Gasteiger partial charge in [-0.05, 0) is 25.5 Å². The van der Waals surface area contributed by atoms with Gasteiger partial charge >= 0.3 is 0 Å². The summed E-state index contributed by atoms with van der Waals surface area (Å²) in [5, 5.41) is 0. The first kappa shape index (κ1) is 11.9. The summed E-state index contributed by atoms with van der Waals surface area (Å²) in [4.78, 5) is 0.814. The van der Waals surface area contributed by atoms with E-state index in [9.17, 15) is 0 Å². The van der Waals surface area contributed by atoms with Gasteiger partial charge in [-0.15, -0.1) is 12.3 Å². The molecule has 0 saturated heterocycles. The van der Waals surface area contributed by atoms with Crippen molar-refractivity contribution in [3.05, 3.63) is 36.5 Å². The summed E-state index contributed by atoms with van der Waals surface area (Å²) in [5.74, 6) is 2.60. The Bertz CT molecular complexity index is 274. The minimum Gasteiger partial charge on any atom is -0.120 e. The second-order valence-corrected chi connectivity index (χ2v) is 3.16.